The summed E-state index contributed by atoms with van der Waals surface area (Å²) in [4.78, 5) is 41.0. The van der Waals surface area contributed by atoms with E-state index >= 15 is 0 Å². The minimum atomic E-state index is -1.82. The molecular formula is C30H33N5O6. The zero-order chi connectivity index (χ0) is 28.8. The molecule has 11 nitrogen and oxygen atoms in total. The van der Waals surface area contributed by atoms with E-state index in [1.165, 1.54) is 18.4 Å². The highest BCUT2D eigenvalue weighted by Gasteiger charge is 2.22. The number of hydrogen-bond donors (Lipinski definition) is 3. The predicted octanol–water partition coefficient (Wildman–Crippen LogP) is 3.82. The first-order valence-corrected chi connectivity index (χ1v) is 13.7. The van der Waals surface area contributed by atoms with Gasteiger partial charge in [0.15, 0.2) is 0 Å². The number of aromatic nitrogens is 4. The van der Waals surface area contributed by atoms with Crippen LogP contribution in [0.1, 0.15) is 30.8 Å². The van der Waals surface area contributed by atoms with Gasteiger partial charge in [-0.15, -0.1) is 0 Å². The molecule has 0 spiro atoms. The number of hydrogen-bond acceptors (Lipinski definition) is 6. The maximum atomic E-state index is 12.3. The lowest BCUT2D eigenvalue weighted by Crippen LogP contribution is -2.36. The third-order valence-electron chi connectivity index (χ3n) is 7.53. The predicted molar refractivity (Wildman–Crippen MR) is 153 cm³/mol. The molecule has 1 fully saturated rings. The molecule has 3 aromatic heterocycles. The Morgan fingerprint density at radius 3 is 2.32 bits per heavy atom. The lowest BCUT2D eigenvalue weighted by Gasteiger charge is -2.32. The Morgan fingerprint density at radius 1 is 0.902 bits per heavy atom. The van der Waals surface area contributed by atoms with E-state index in [9.17, 15) is 4.79 Å². The van der Waals surface area contributed by atoms with Crippen LogP contribution in [0.15, 0.2) is 76.1 Å². The number of rotatable bonds is 8. The van der Waals surface area contributed by atoms with E-state index in [2.05, 4.69) is 38.7 Å². The van der Waals surface area contributed by atoms with Gasteiger partial charge >= 0.3 is 17.6 Å². The second-order valence-corrected chi connectivity index (χ2v) is 10.2. The number of fused-ring (bicyclic) bond motifs is 2. The van der Waals surface area contributed by atoms with Crippen molar-refractivity contribution in [2.24, 2.45) is 5.92 Å². The molecule has 214 valence electrons. The molecule has 0 unspecified atom stereocenters. The normalized spacial score (nSPS) is 14.2. The van der Waals surface area contributed by atoms with E-state index in [4.69, 9.17) is 29.2 Å². The summed E-state index contributed by atoms with van der Waals surface area (Å²) in [5, 5.41) is 14.8. The number of carbonyl (C=O) groups is 2. The number of carboxylic acids is 2. The number of piperidine rings is 1. The Kier molecular flexibility index (Phi) is 8.64. The third kappa shape index (κ3) is 6.75. The van der Waals surface area contributed by atoms with E-state index in [1.807, 2.05) is 41.0 Å². The van der Waals surface area contributed by atoms with Crippen molar-refractivity contribution in [1.82, 2.24) is 24.0 Å². The molecule has 0 amide bonds. The Labute approximate surface area is 235 Å². The topological polar surface area (TPSA) is 147 Å². The average Bonchev–Trinajstić information content (AvgIpc) is 3.69. The van der Waals surface area contributed by atoms with Crippen LogP contribution in [0, 0.1) is 5.92 Å². The van der Waals surface area contributed by atoms with Crippen LogP contribution >= 0.6 is 0 Å². The van der Waals surface area contributed by atoms with Crippen molar-refractivity contribution in [2.45, 2.75) is 38.8 Å². The number of furan rings is 1. The number of nitrogens with zero attached hydrogens (tertiary/aromatic N) is 4. The highest BCUT2D eigenvalue weighted by molar-refractivity contribution is 6.27. The lowest BCUT2D eigenvalue weighted by atomic mass is 9.93. The second kappa shape index (κ2) is 12.7. The SMILES string of the molecule is O=C(O)C(=O)O.O=c1[nH]c2ccccc2n1CCCN1CCC(Cc2nc3ccccc3n2Cc2ccco2)CC1. The fourth-order valence-corrected chi connectivity index (χ4v) is 5.47. The van der Waals surface area contributed by atoms with Crippen LogP contribution in [0.5, 0.6) is 0 Å². The smallest absolute Gasteiger partial charge is 0.414 e. The standard InChI is InChI=1S/C28H31N5O2.C2H2O4/c34-28-30-24-9-2-3-10-25(24)32(28)15-6-14-31-16-12-21(13-17-31)19-27-29-23-8-1-4-11-26(23)33(27)20-22-7-5-18-35-22;3-1(4)2(5)6/h1-5,7-11,18,21H,6,12-17,19-20H2,(H,30,34);(H,3,4)(H,5,6). The summed E-state index contributed by atoms with van der Waals surface area (Å²) in [6, 6.07) is 20.3. The molecule has 1 aliphatic heterocycles. The van der Waals surface area contributed by atoms with Gasteiger partial charge in [-0.05, 0) is 81.2 Å². The van der Waals surface area contributed by atoms with Gasteiger partial charge < -0.3 is 29.1 Å². The van der Waals surface area contributed by atoms with Gasteiger partial charge in [0.25, 0.3) is 0 Å². The molecular weight excluding hydrogens is 526 g/mol. The molecule has 5 aromatic rings. The van der Waals surface area contributed by atoms with Crippen LogP contribution in [0.3, 0.4) is 0 Å². The highest BCUT2D eigenvalue weighted by atomic mass is 16.4. The largest absolute Gasteiger partial charge is 0.473 e. The zero-order valence-electron chi connectivity index (χ0n) is 22.6. The number of aryl methyl sites for hydroxylation is 1. The van der Waals surface area contributed by atoms with Gasteiger partial charge in [0.2, 0.25) is 0 Å². The number of likely N-dealkylation sites (tertiary alicyclic amines) is 1. The zero-order valence-corrected chi connectivity index (χ0v) is 22.6. The van der Waals surface area contributed by atoms with Crippen LogP contribution < -0.4 is 5.69 Å². The van der Waals surface area contributed by atoms with Crippen molar-refractivity contribution in [3.8, 4) is 0 Å². The lowest BCUT2D eigenvalue weighted by molar-refractivity contribution is -0.159. The fourth-order valence-electron chi connectivity index (χ4n) is 5.47. The van der Waals surface area contributed by atoms with Gasteiger partial charge in [0.1, 0.15) is 11.6 Å². The van der Waals surface area contributed by atoms with Gasteiger partial charge in [0, 0.05) is 13.0 Å². The summed E-state index contributed by atoms with van der Waals surface area (Å²) < 4.78 is 9.82. The molecule has 3 N–H and O–H groups in total. The van der Waals surface area contributed by atoms with E-state index < -0.39 is 11.9 Å². The Morgan fingerprint density at radius 2 is 1.61 bits per heavy atom. The number of benzene rings is 2. The van der Waals surface area contributed by atoms with Crippen LogP contribution in [-0.2, 0) is 29.1 Å². The molecule has 41 heavy (non-hydrogen) atoms. The maximum absolute atomic E-state index is 12.3. The Hall–Kier alpha value is -4.64. The van der Waals surface area contributed by atoms with Crippen molar-refractivity contribution in [3.05, 3.63) is 89.0 Å². The summed E-state index contributed by atoms with van der Waals surface area (Å²) in [5.74, 6) is -0.905. The van der Waals surface area contributed by atoms with E-state index in [1.54, 1.807) is 6.26 Å². The molecule has 1 saturated heterocycles. The Bertz CT molecular complexity index is 1660. The minimum Gasteiger partial charge on any atom is -0.473 e. The van der Waals surface area contributed by atoms with Crippen molar-refractivity contribution in [2.75, 3.05) is 19.6 Å². The molecule has 1 aliphatic rings. The quantitative estimate of drug-likeness (QED) is 0.243. The van der Waals surface area contributed by atoms with Gasteiger partial charge in [-0.2, -0.15) is 0 Å². The molecule has 4 heterocycles. The first kappa shape index (κ1) is 27.9. The maximum Gasteiger partial charge on any atom is 0.414 e. The summed E-state index contributed by atoms with van der Waals surface area (Å²) in [6.45, 7) is 4.70. The van der Waals surface area contributed by atoms with Gasteiger partial charge in [-0.1, -0.05) is 24.3 Å². The van der Waals surface area contributed by atoms with Crippen LogP contribution in [-0.4, -0.2) is 65.8 Å². The molecule has 11 heteroatoms. The molecule has 0 saturated carbocycles. The van der Waals surface area contributed by atoms with E-state index in [0.717, 1.165) is 73.7 Å². The minimum absolute atomic E-state index is 0.0117. The monoisotopic (exact) mass is 559 g/mol. The summed E-state index contributed by atoms with van der Waals surface area (Å²) in [7, 11) is 0. The van der Waals surface area contributed by atoms with Crippen molar-refractivity contribution in [3.63, 3.8) is 0 Å². The first-order valence-electron chi connectivity index (χ1n) is 13.7. The van der Waals surface area contributed by atoms with Crippen LogP contribution in [0.4, 0.5) is 0 Å². The van der Waals surface area contributed by atoms with E-state index in [0.29, 0.717) is 5.92 Å². The van der Waals surface area contributed by atoms with Gasteiger partial charge in [-0.3, -0.25) is 4.57 Å². The number of carboxylic acid groups (broad SMARTS) is 2. The highest BCUT2D eigenvalue weighted by Crippen LogP contribution is 2.25. The molecule has 0 bridgehead atoms. The molecule has 0 aliphatic carbocycles. The number of para-hydroxylation sites is 4. The number of aliphatic carboxylic acids is 2. The van der Waals surface area contributed by atoms with Crippen LogP contribution in [0.2, 0.25) is 0 Å². The molecule has 6 rings (SSSR count). The molecule has 0 atom stereocenters. The number of H-pyrrole nitrogens is 1. The second-order valence-electron chi connectivity index (χ2n) is 10.2. The number of aromatic amines is 1. The summed E-state index contributed by atoms with van der Waals surface area (Å²) in [6.07, 6.45) is 6.06. The summed E-state index contributed by atoms with van der Waals surface area (Å²) >= 11 is 0. The first-order chi connectivity index (χ1) is 19.9. The molecule has 2 aromatic carbocycles. The van der Waals surface area contributed by atoms with Gasteiger partial charge in [-0.25, -0.2) is 19.4 Å². The Balaban J connectivity index is 0.000000511. The van der Waals surface area contributed by atoms with Gasteiger partial charge in [0.05, 0.1) is 34.9 Å². The van der Waals surface area contributed by atoms with Crippen molar-refractivity contribution < 1.29 is 24.2 Å². The third-order valence-corrected chi connectivity index (χ3v) is 7.53. The van der Waals surface area contributed by atoms with Crippen LogP contribution in [0.25, 0.3) is 22.1 Å². The number of imidazole rings is 2. The summed E-state index contributed by atoms with van der Waals surface area (Å²) in [5.41, 5.74) is 4.12. The molecule has 0 radical (unpaired) electrons. The van der Waals surface area contributed by atoms with Crippen molar-refractivity contribution in [1.29, 1.82) is 0 Å². The average molecular weight is 560 g/mol. The number of nitrogens with one attached hydrogen (secondary N) is 1. The van der Waals surface area contributed by atoms with Crippen molar-refractivity contribution >= 4 is 34.0 Å². The fraction of sp³-hybridized carbons (Fsp3) is 0.333. The van der Waals surface area contributed by atoms with E-state index in [-0.39, 0.29) is 5.69 Å².